The number of sulfonamides is 1. The van der Waals surface area contributed by atoms with Crippen LogP contribution >= 0.6 is 0 Å². The molecular formula is C24H24FN5O5S. The van der Waals surface area contributed by atoms with Crippen molar-refractivity contribution in [1.82, 2.24) is 14.3 Å². The lowest BCUT2D eigenvalue weighted by Gasteiger charge is -2.14. The van der Waals surface area contributed by atoms with E-state index in [2.05, 4.69) is 15.3 Å². The summed E-state index contributed by atoms with van der Waals surface area (Å²) in [5, 5.41) is 3.23. The van der Waals surface area contributed by atoms with E-state index < -0.39 is 26.6 Å². The van der Waals surface area contributed by atoms with Gasteiger partial charge in [-0.3, -0.25) is 4.79 Å². The summed E-state index contributed by atoms with van der Waals surface area (Å²) < 4.78 is 51.8. The number of fused-ring (bicyclic) bond motifs is 1. The smallest absolute Gasteiger partial charge is 0.257 e. The average molecular weight is 514 g/mol. The standard InChI is InChI=1S/C24H24FN5O5S/c1-14-8-17-19(34-14)9-15(24(31)28-22-12-27-23(13-26-22)29(2)3)10-20(17)35-16-6-7-21(18(25)11-16)36(32,33)30(4)5/h6-13H,1-5H3,(H,26,28,31). The van der Waals surface area contributed by atoms with Gasteiger partial charge >= 0.3 is 0 Å². The molecule has 2 aromatic heterocycles. The quantitative estimate of drug-likeness (QED) is 0.394. The van der Waals surface area contributed by atoms with Crippen molar-refractivity contribution in [2.24, 2.45) is 0 Å². The van der Waals surface area contributed by atoms with Gasteiger partial charge in [-0.15, -0.1) is 0 Å². The van der Waals surface area contributed by atoms with Crippen LogP contribution in [0.3, 0.4) is 0 Å². The summed E-state index contributed by atoms with van der Waals surface area (Å²) in [7, 11) is 2.32. The number of aromatic nitrogens is 2. The van der Waals surface area contributed by atoms with Crippen LogP contribution in [0.4, 0.5) is 16.0 Å². The monoisotopic (exact) mass is 513 g/mol. The van der Waals surface area contributed by atoms with Crippen LogP contribution in [0.5, 0.6) is 11.5 Å². The Hall–Kier alpha value is -4.03. The zero-order valence-corrected chi connectivity index (χ0v) is 21.1. The van der Waals surface area contributed by atoms with E-state index in [1.807, 2.05) is 14.1 Å². The van der Waals surface area contributed by atoms with Crippen LogP contribution in [0, 0.1) is 12.7 Å². The molecule has 0 aliphatic heterocycles. The molecule has 1 amide bonds. The van der Waals surface area contributed by atoms with Gasteiger partial charge in [-0.05, 0) is 37.3 Å². The van der Waals surface area contributed by atoms with Gasteiger partial charge in [-0.1, -0.05) is 0 Å². The first kappa shape index (κ1) is 25.1. The minimum atomic E-state index is -3.96. The van der Waals surface area contributed by atoms with E-state index in [1.54, 1.807) is 24.0 Å². The molecule has 0 radical (unpaired) electrons. The van der Waals surface area contributed by atoms with E-state index in [-0.39, 0.29) is 22.9 Å². The van der Waals surface area contributed by atoms with E-state index >= 15 is 0 Å². The SMILES string of the molecule is Cc1cc2c(Oc3ccc(S(=O)(=O)N(C)C)c(F)c3)cc(C(=O)Nc3cnc(N(C)C)cn3)cc2o1. The van der Waals surface area contributed by atoms with E-state index in [9.17, 15) is 17.6 Å². The lowest BCUT2D eigenvalue weighted by Crippen LogP contribution is -2.23. The number of nitrogens with zero attached hydrogens (tertiary/aromatic N) is 4. The normalized spacial score (nSPS) is 11.6. The molecule has 12 heteroatoms. The molecule has 0 aliphatic rings. The zero-order valence-electron chi connectivity index (χ0n) is 20.2. The van der Waals surface area contributed by atoms with Crippen molar-refractivity contribution in [3.8, 4) is 11.5 Å². The predicted molar refractivity (Wildman–Crippen MR) is 133 cm³/mol. The molecule has 36 heavy (non-hydrogen) atoms. The Morgan fingerprint density at radius 3 is 2.42 bits per heavy atom. The van der Waals surface area contributed by atoms with Gasteiger partial charge in [0.2, 0.25) is 10.0 Å². The fourth-order valence-electron chi connectivity index (χ4n) is 3.33. The van der Waals surface area contributed by atoms with Crippen LogP contribution in [-0.4, -0.2) is 56.8 Å². The molecule has 0 atom stereocenters. The van der Waals surface area contributed by atoms with Gasteiger partial charge in [-0.2, -0.15) is 0 Å². The van der Waals surface area contributed by atoms with Crippen LogP contribution in [0.15, 0.2) is 58.1 Å². The molecule has 0 saturated heterocycles. The molecule has 0 bridgehead atoms. The van der Waals surface area contributed by atoms with Crippen molar-refractivity contribution < 1.29 is 26.8 Å². The molecule has 188 valence electrons. The number of amides is 1. The highest BCUT2D eigenvalue weighted by Crippen LogP contribution is 2.35. The topological polar surface area (TPSA) is 118 Å². The molecule has 0 saturated carbocycles. The van der Waals surface area contributed by atoms with E-state index in [4.69, 9.17) is 9.15 Å². The average Bonchev–Trinajstić information content (AvgIpc) is 3.19. The van der Waals surface area contributed by atoms with Gasteiger partial charge in [0.05, 0.1) is 17.8 Å². The Bertz CT molecular complexity index is 1550. The fraction of sp³-hybridized carbons (Fsp3) is 0.208. The molecular weight excluding hydrogens is 489 g/mol. The first-order valence-electron chi connectivity index (χ1n) is 10.7. The highest BCUT2D eigenvalue weighted by molar-refractivity contribution is 7.89. The second kappa shape index (κ2) is 9.55. The summed E-state index contributed by atoms with van der Waals surface area (Å²) in [5.74, 6) is 0.294. The summed E-state index contributed by atoms with van der Waals surface area (Å²) in [4.78, 5) is 22.7. The minimum Gasteiger partial charge on any atom is -0.461 e. The Kier molecular flexibility index (Phi) is 6.65. The van der Waals surface area contributed by atoms with Crippen molar-refractivity contribution >= 4 is 38.5 Å². The second-order valence-electron chi connectivity index (χ2n) is 8.33. The lowest BCUT2D eigenvalue weighted by atomic mass is 10.1. The maximum atomic E-state index is 14.7. The van der Waals surface area contributed by atoms with Crippen LogP contribution in [0.25, 0.3) is 11.0 Å². The van der Waals surface area contributed by atoms with Crippen LogP contribution in [0.2, 0.25) is 0 Å². The van der Waals surface area contributed by atoms with Gasteiger partial charge in [0.15, 0.2) is 5.82 Å². The molecule has 2 aromatic carbocycles. The molecule has 10 nitrogen and oxygen atoms in total. The molecule has 0 fully saturated rings. The number of aryl methyl sites for hydroxylation is 1. The lowest BCUT2D eigenvalue weighted by molar-refractivity contribution is 0.102. The van der Waals surface area contributed by atoms with Gasteiger partial charge in [-0.25, -0.2) is 27.1 Å². The molecule has 0 spiro atoms. The fourth-order valence-corrected chi connectivity index (χ4v) is 4.27. The number of benzene rings is 2. The van der Waals surface area contributed by atoms with Crippen LogP contribution in [0.1, 0.15) is 16.1 Å². The summed E-state index contributed by atoms with van der Waals surface area (Å²) in [6.07, 6.45) is 2.96. The molecule has 1 N–H and O–H groups in total. The molecule has 0 aliphatic carbocycles. The zero-order chi connectivity index (χ0) is 26.2. The van der Waals surface area contributed by atoms with E-state index in [0.29, 0.717) is 22.5 Å². The summed E-state index contributed by atoms with van der Waals surface area (Å²) >= 11 is 0. The van der Waals surface area contributed by atoms with Gasteiger partial charge in [0.1, 0.15) is 39.4 Å². The van der Waals surface area contributed by atoms with Crippen LogP contribution < -0.4 is 15.0 Å². The highest BCUT2D eigenvalue weighted by atomic mass is 32.2. The summed E-state index contributed by atoms with van der Waals surface area (Å²) in [5.41, 5.74) is 0.592. The Morgan fingerprint density at radius 2 is 1.81 bits per heavy atom. The highest BCUT2D eigenvalue weighted by Gasteiger charge is 2.23. The molecule has 0 unspecified atom stereocenters. The largest absolute Gasteiger partial charge is 0.461 e. The number of nitrogens with one attached hydrogen (secondary N) is 1. The van der Waals surface area contributed by atoms with Crippen molar-refractivity contribution in [2.45, 2.75) is 11.8 Å². The van der Waals surface area contributed by atoms with Crippen molar-refractivity contribution in [3.05, 3.63) is 65.9 Å². The number of carbonyl (C=O) groups excluding carboxylic acids is 1. The number of furan rings is 1. The minimum absolute atomic E-state index is 0.0491. The van der Waals surface area contributed by atoms with Crippen molar-refractivity contribution in [3.63, 3.8) is 0 Å². The third-order valence-electron chi connectivity index (χ3n) is 5.21. The predicted octanol–water partition coefficient (Wildman–Crippen LogP) is 4.03. The number of hydrogen-bond donors (Lipinski definition) is 1. The third kappa shape index (κ3) is 4.99. The Morgan fingerprint density at radius 1 is 1.06 bits per heavy atom. The Balaban J connectivity index is 1.66. The summed E-state index contributed by atoms with van der Waals surface area (Å²) in [6, 6.07) is 8.20. The maximum absolute atomic E-state index is 14.7. The number of anilines is 2. The first-order valence-corrected chi connectivity index (χ1v) is 12.1. The molecule has 2 heterocycles. The Labute approximate surface area is 207 Å². The second-order valence-corrected chi connectivity index (χ2v) is 10.5. The van der Waals surface area contributed by atoms with Crippen molar-refractivity contribution in [1.29, 1.82) is 0 Å². The number of carbonyl (C=O) groups is 1. The first-order chi connectivity index (χ1) is 17.0. The maximum Gasteiger partial charge on any atom is 0.257 e. The summed E-state index contributed by atoms with van der Waals surface area (Å²) in [6.45, 7) is 1.74. The van der Waals surface area contributed by atoms with Crippen LogP contribution in [-0.2, 0) is 10.0 Å². The number of rotatable bonds is 7. The molecule has 4 aromatic rings. The van der Waals surface area contributed by atoms with Gasteiger partial charge in [0.25, 0.3) is 5.91 Å². The number of ether oxygens (including phenoxy) is 1. The number of halogens is 1. The number of hydrogen-bond acceptors (Lipinski definition) is 8. The van der Waals surface area contributed by atoms with Crippen molar-refractivity contribution in [2.75, 3.05) is 38.4 Å². The van der Waals surface area contributed by atoms with E-state index in [1.165, 1.54) is 38.6 Å². The molecule has 4 rings (SSSR count). The van der Waals surface area contributed by atoms with Gasteiger partial charge < -0.3 is 19.4 Å². The van der Waals surface area contributed by atoms with E-state index in [0.717, 1.165) is 16.4 Å². The third-order valence-corrected chi connectivity index (χ3v) is 7.06. The van der Waals surface area contributed by atoms with Gasteiger partial charge in [0, 0.05) is 39.8 Å².